The molecule has 2 aliphatic rings. The van der Waals surface area contributed by atoms with Crippen molar-refractivity contribution < 1.29 is 9.21 Å². The highest BCUT2D eigenvalue weighted by atomic mass is 32.1. The smallest absolute Gasteiger partial charge is 0.309 e. The minimum Gasteiger partial charge on any atom is -0.437 e. The standard InChI is InChI=1S/C17H22N4O2S/c1-12-3-2-5-21(8-12)17(22)16-19-14-10-20(6-4-15(14)23-16)9-13-7-18-11-24-13/h7,11-12H,2-6,8-10H2,1H3/t12-/m1/s1. The van der Waals surface area contributed by atoms with Gasteiger partial charge in [-0.15, -0.1) is 11.3 Å². The quantitative estimate of drug-likeness (QED) is 0.855. The minimum absolute atomic E-state index is 0.0510. The van der Waals surface area contributed by atoms with E-state index in [9.17, 15) is 4.79 Å². The van der Waals surface area contributed by atoms with Gasteiger partial charge in [0.25, 0.3) is 5.89 Å². The first kappa shape index (κ1) is 15.8. The fourth-order valence-corrected chi connectivity index (χ4v) is 4.16. The molecule has 128 valence electrons. The van der Waals surface area contributed by atoms with E-state index >= 15 is 0 Å². The van der Waals surface area contributed by atoms with Crippen LogP contribution in [0.2, 0.25) is 0 Å². The maximum Gasteiger partial charge on any atom is 0.309 e. The lowest BCUT2D eigenvalue weighted by Gasteiger charge is -2.29. The van der Waals surface area contributed by atoms with E-state index in [1.54, 1.807) is 11.3 Å². The highest BCUT2D eigenvalue weighted by Gasteiger charge is 2.29. The molecule has 4 heterocycles. The molecule has 1 atom stereocenters. The zero-order valence-electron chi connectivity index (χ0n) is 13.9. The average molecular weight is 346 g/mol. The van der Waals surface area contributed by atoms with Crippen LogP contribution in [0.4, 0.5) is 0 Å². The minimum atomic E-state index is -0.0510. The molecule has 2 aromatic heterocycles. The zero-order valence-corrected chi connectivity index (χ0v) is 14.7. The Hall–Kier alpha value is -1.73. The normalized spacial score (nSPS) is 21.7. The second-order valence-corrected chi connectivity index (χ2v) is 7.79. The van der Waals surface area contributed by atoms with Crippen molar-refractivity contribution in [2.24, 2.45) is 5.92 Å². The molecule has 6 nitrogen and oxygen atoms in total. The number of thiazole rings is 1. The highest BCUT2D eigenvalue weighted by Crippen LogP contribution is 2.24. The molecule has 0 spiro atoms. The van der Waals surface area contributed by atoms with Gasteiger partial charge in [-0.25, -0.2) is 4.98 Å². The van der Waals surface area contributed by atoms with Crippen molar-refractivity contribution in [3.63, 3.8) is 0 Å². The van der Waals surface area contributed by atoms with E-state index in [0.717, 1.165) is 57.0 Å². The van der Waals surface area contributed by atoms with Crippen molar-refractivity contribution in [2.75, 3.05) is 19.6 Å². The lowest BCUT2D eigenvalue weighted by molar-refractivity contribution is 0.0640. The van der Waals surface area contributed by atoms with Crippen molar-refractivity contribution in [3.05, 3.63) is 33.9 Å². The number of hydrogen-bond acceptors (Lipinski definition) is 6. The maximum absolute atomic E-state index is 12.7. The molecule has 2 aromatic rings. The Morgan fingerprint density at radius 1 is 1.46 bits per heavy atom. The first-order chi connectivity index (χ1) is 11.7. The Kier molecular flexibility index (Phi) is 4.37. The van der Waals surface area contributed by atoms with Crippen LogP contribution in [-0.4, -0.2) is 45.3 Å². The van der Waals surface area contributed by atoms with Crippen LogP contribution in [-0.2, 0) is 19.5 Å². The fraction of sp³-hybridized carbons (Fsp3) is 0.588. The van der Waals surface area contributed by atoms with Gasteiger partial charge in [0.1, 0.15) is 5.76 Å². The van der Waals surface area contributed by atoms with Crippen LogP contribution in [0.5, 0.6) is 0 Å². The Bertz CT molecular complexity index is 712. The number of carbonyl (C=O) groups is 1. The van der Waals surface area contributed by atoms with Gasteiger partial charge in [0, 0.05) is 50.2 Å². The summed E-state index contributed by atoms with van der Waals surface area (Å²) in [5.41, 5.74) is 2.77. The molecule has 0 aromatic carbocycles. The largest absolute Gasteiger partial charge is 0.437 e. The molecule has 0 aliphatic carbocycles. The molecule has 0 bridgehead atoms. The topological polar surface area (TPSA) is 62.5 Å². The molecule has 7 heteroatoms. The van der Waals surface area contributed by atoms with E-state index < -0.39 is 0 Å². The van der Waals surface area contributed by atoms with Crippen molar-refractivity contribution in [2.45, 2.75) is 39.3 Å². The summed E-state index contributed by atoms with van der Waals surface area (Å²) in [4.78, 5) is 26.8. The van der Waals surface area contributed by atoms with Crippen LogP contribution in [0.15, 0.2) is 16.1 Å². The van der Waals surface area contributed by atoms with Gasteiger partial charge in [-0.2, -0.15) is 0 Å². The zero-order chi connectivity index (χ0) is 16.5. The van der Waals surface area contributed by atoms with E-state index in [2.05, 4.69) is 21.8 Å². The molecule has 0 saturated carbocycles. The maximum atomic E-state index is 12.7. The van der Waals surface area contributed by atoms with Gasteiger partial charge in [0.15, 0.2) is 0 Å². The van der Waals surface area contributed by atoms with E-state index in [1.165, 1.54) is 11.3 Å². The van der Waals surface area contributed by atoms with Crippen molar-refractivity contribution in [1.29, 1.82) is 0 Å². The summed E-state index contributed by atoms with van der Waals surface area (Å²) in [7, 11) is 0. The summed E-state index contributed by atoms with van der Waals surface area (Å²) >= 11 is 1.67. The van der Waals surface area contributed by atoms with Crippen LogP contribution in [0.1, 0.15) is 46.8 Å². The molecular weight excluding hydrogens is 324 g/mol. The first-order valence-corrected chi connectivity index (χ1v) is 9.44. The number of aromatic nitrogens is 2. The Labute approximate surface area is 145 Å². The lowest BCUT2D eigenvalue weighted by Crippen LogP contribution is -2.39. The summed E-state index contributed by atoms with van der Waals surface area (Å²) in [6, 6.07) is 0. The molecule has 1 saturated heterocycles. The lowest BCUT2D eigenvalue weighted by atomic mass is 10.0. The highest BCUT2D eigenvalue weighted by molar-refractivity contribution is 7.09. The van der Waals surface area contributed by atoms with Gasteiger partial charge >= 0.3 is 5.91 Å². The van der Waals surface area contributed by atoms with E-state index in [4.69, 9.17) is 4.42 Å². The number of likely N-dealkylation sites (tertiary alicyclic amines) is 1. The predicted molar refractivity (Wildman–Crippen MR) is 90.7 cm³/mol. The van der Waals surface area contributed by atoms with Crippen LogP contribution in [0, 0.1) is 5.92 Å². The summed E-state index contributed by atoms with van der Waals surface area (Å²) in [5.74, 6) is 1.66. The van der Waals surface area contributed by atoms with Crippen molar-refractivity contribution in [3.8, 4) is 0 Å². The molecule has 1 amide bonds. The summed E-state index contributed by atoms with van der Waals surface area (Å²) in [6.45, 7) is 6.35. The number of rotatable bonds is 3. The Morgan fingerprint density at radius 3 is 3.17 bits per heavy atom. The van der Waals surface area contributed by atoms with Crippen molar-refractivity contribution >= 4 is 17.2 Å². The molecule has 2 aliphatic heterocycles. The summed E-state index contributed by atoms with van der Waals surface area (Å²) in [6.07, 6.45) is 4.98. The molecule has 0 N–H and O–H groups in total. The molecule has 0 unspecified atom stereocenters. The number of amides is 1. The third-order valence-corrected chi connectivity index (χ3v) is 5.56. The van der Waals surface area contributed by atoms with Crippen LogP contribution >= 0.6 is 11.3 Å². The number of hydrogen-bond donors (Lipinski definition) is 0. The number of fused-ring (bicyclic) bond motifs is 1. The van der Waals surface area contributed by atoms with Gasteiger partial charge in [0.2, 0.25) is 0 Å². The summed E-state index contributed by atoms with van der Waals surface area (Å²) < 4.78 is 5.80. The first-order valence-electron chi connectivity index (χ1n) is 8.56. The van der Waals surface area contributed by atoms with Gasteiger partial charge in [-0.3, -0.25) is 14.7 Å². The van der Waals surface area contributed by atoms with E-state index in [-0.39, 0.29) is 11.8 Å². The molecule has 0 radical (unpaired) electrons. The van der Waals surface area contributed by atoms with Crippen molar-refractivity contribution in [1.82, 2.24) is 19.8 Å². The van der Waals surface area contributed by atoms with Gasteiger partial charge in [-0.1, -0.05) is 6.92 Å². The SMILES string of the molecule is C[C@@H]1CCCN(C(=O)c2nc3c(o2)CCN(Cc2cncs2)C3)C1. The number of carbonyl (C=O) groups excluding carboxylic acids is 1. The Morgan fingerprint density at radius 2 is 2.38 bits per heavy atom. The number of oxazole rings is 1. The third-order valence-electron chi connectivity index (χ3n) is 4.80. The summed E-state index contributed by atoms with van der Waals surface area (Å²) in [5, 5.41) is 0. The second-order valence-electron chi connectivity index (χ2n) is 6.82. The monoisotopic (exact) mass is 346 g/mol. The van der Waals surface area contributed by atoms with Crippen LogP contribution in [0.3, 0.4) is 0 Å². The number of piperidine rings is 1. The van der Waals surface area contributed by atoms with E-state index in [1.807, 2.05) is 16.6 Å². The van der Waals surface area contributed by atoms with Gasteiger partial charge < -0.3 is 9.32 Å². The Balaban J connectivity index is 1.45. The van der Waals surface area contributed by atoms with Gasteiger partial charge in [0.05, 0.1) is 11.2 Å². The second kappa shape index (κ2) is 6.64. The molecule has 4 rings (SSSR count). The molecular formula is C17H22N4O2S. The average Bonchev–Trinajstić information content (AvgIpc) is 3.23. The number of nitrogens with zero attached hydrogens (tertiary/aromatic N) is 4. The fourth-order valence-electron chi connectivity index (χ4n) is 3.53. The third kappa shape index (κ3) is 3.23. The van der Waals surface area contributed by atoms with Crippen LogP contribution in [0.25, 0.3) is 0 Å². The van der Waals surface area contributed by atoms with Crippen LogP contribution < -0.4 is 0 Å². The molecule has 24 heavy (non-hydrogen) atoms. The van der Waals surface area contributed by atoms with E-state index in [0.29, 0.717) is 5.92 Å². The predicted octanol–water partition coefficient (Wildman–Crippen LogP) is 2.56. The molecule has 1 fully saturated rings. The van der Waals surface area contributed by atoms with Gasteiger partial charge in [-0.05, 0) is 18.8 Å².